The maximum Gasteiger partial charge on any atom is 0.226 e. The van der Waals surface area contributed by atoms with E-state index in [1.165, 1.54) is 26.4 Å². The zero-order chi connectivity index (χ0) is 51.8. The van der Waals surface area contributed by atoms with Crippen molar-refractivity contribution < 1.29 is 48.5 Å². The molecular formula is C51H59F2N10O8P. The van der Waals surface area contributed by atoms with E-state index in [1.54, 1.807) is 49.6 Å². The topological polar surface area (TPSA) is 203 Å². The van der Waals surface area contributed by atoms with Crippen molar-refractivity contribution in [3.63, 3.8) is 0 Å². The van der Waals surface area contributed by atoms with E-state index in [9.17, 15) is 18.7 Å². The molecule has 2 fully saturated rings. The molecule has 3 N–H and O–H groups in total. The van der Waals surface area contributed by atoms with Gasteiger partial charge in [-0.2, -0.15) is 9.03 Å². The molecule has 18 nitrogen and oxygen atoms in total. The number of aromatic nitrogens is 8. The van der Waals surface area contributed by atoms with E-state index in [0.717, 1.165) is 43.2 Å². The minimum atomic E-state index is -0.509. The number of halogens is 2. The van der Waals surface area contributed by atoms with Crippen LogP contribution in [0, 0.1) is 11.6 Å². The molecule has 2 saturated carbocycles. The van der Waals surface area contributed by atoms with Crippen LogP contribution in [-0.4, -0.2) is 105 Å². The van der Waals surface area contributed by atoms with Crippen LogP contribution in [0.4, 0.5) is 20.7 Å². The lowest BCUT2D eigenvalue weighted by Crippen LogP contribution is -2.19. The Labute approximate surface area is 418 Å². The summed E-state index contributed by atoms with van der Waals surface area (Å²) in [5.74, 6) is 4.17. The van der Waals surface area contributed by atoms with Gasteiger partial charge in [0.15, 0.2) is 46.1 Å². The predicted molar refractivity (Wildman–Crippen MR) is 272 cm³/mol. The summed E-state index contributed by atoms with van der Waals surface area (Å²) in [7, 11) is 11.5. The lowest BCUT2D eigenvalue weighted by Gasteiger charge is -2.23. The highest BCUT2D eigenvalue weighted by Crippen LogP contribution is 2.36. The second kappa shape index (κ2) is 22.9. The van der Waals surface area contributed by atoms with Gasteiger partial charge in [0.05, 0.1) is 59.8 Å². The van der Waals surface area contributed by atoms with Crippen LogP contribution in [0.3, 0.4) is 0 Å². The minimum absolute atomic E-state index is 0.0336. The molecule has 0 spiro atoms. The quantitative estimate of drug-likeness (QED) is 0.0871. The number of aliphatic hydroxyl groups is 1. The van der Waals surface area contributed by atoms with Crippen LogP contribution in [0.15, 0.2) is 60.7 Å². The van der Waals surface area contributed by atoms with E-state index in [2.05, 4.69) is 19.9 Å². The number of ketones is 1. The summed E-state index contributed by atoms with van der Waals surface area (Å²) < 4.78 is 70.4. The molecule has 0 radical (unpaired) electrons. The molecular weight excluding hydrogens is 950 g/mol. The van der Waals surface area contributed by atoms with Crippen molar-refractivity contribution >= 4 is 60.0 Å². The third kappa shape index (κ3) is 10.8. The second-order valence-electron chi connectivity index (χ2n) is 17.2. The number of carbonyl (C=O) groups is 1. The van der Waals surface area contributed by atoms with Crippen molar-refractivity contribution in [2.45, 2.75) is 82.4 Å². The van der Waals surface area contributed by atoms with E-state index in [4.69, 9.17) is 59.9 Å². The Morgan fingerprint density at radius 2 is 1.12 bits per heavy atom. The van der Waals surface area contributed by atoms with Crippen molar-refractivity contribution in [2.24, 2.45) is 0 Å². The normalized spacial score (nSPS) is 16.8. The number of ether oxygens (including phenoxy) is 6. The highest BCUT2D eigenvalue weighted by Gasteiger charge is 2.28. The number of aliphatic hydroxyl groups excluding tert-OH is 1. The highest BCUT2D eigenvalue weighted by atomic mass is 31.0. The van der Waals surface area contributed by atoms with Crippen LogP contribution >= 0.6 is 9.24 Å². The van der Waals surface area contributed by atoms with Gasteiger partial charge >= 0.3 is 0 Å². The molecule has 8 aromatic rings. The van der Waals surface area contributed by atoms with Crippen molar-refractivity contribution in [1.82, 2.24) is 39.2 Å². The highest BCUT2D eigenvalue weighted by molar-refractivity contribution is 7.15. The zero-order valence-electron chi connectivity index (χ0n) is 42.0. The Morgan fingerprint density at radius 1 is 0.653 bits per heavy atom. The number of nitrogens with one attached hydrogen (secondary N) is 2. The van der Waals surface area contributed by atoms with Gasteiger partial charge in [-0.05, 0) is 68.5 Å². The van der Waals surface area contributed by atoms with Crippen LogP contribution in [0.5, 0.6) is 34.5 Å². The standard InChI is InChI=1S/C25H28FN5O4.C25H26FN5O4.CH5P/c2*1-33-17-8-7-15(21(10-17)34-2)13-27-25-28-20-12-22(35-3)19(26)11-18(20)24-29-23(30-31(24)25)14-5-4-6-16(32)9-14;1-2/h7-8,10-12,14,16,32H,4-6,9,13H2,1-3H3,(H,27,28);7-8,10-12,14H,4-6,9,13H2,1-3H3,(H,27,28);2H2,1H3/i;;1D. The summed E-state index contributed by atoms with van der Waals surface area (Å²) in [4.78, 5) is 31.0. The third-order valence-electron chi connectivity index (χ3n) is 12.8. The number of benzene rings is 4. The number of hydrogen-bond donors (Lipinski definition) is 3. The molecule has 4 heterocycles. The molecule has 0 amide bonds. The summed E-state index contributed by atoms with van der Waals surface area (Å²) in [6.45, 7) is 1.20. The largest absolute Gasteiger partial charge is 0.497 e. The smallest absolute Gasteiger partial charge is 0.226 e. The van der Waals surface area contributed by atoms with Crippen LogP contribution in [-0.2, 0) is 17.9 Å². The van der Waals surface area contributed by atoms with Gasteiger partial charge in [0.2, 0.25) is 11.9 Å². The molecule has 0 bridgehead atoms. The Hall–Kier alpha value is -7.18. The fourth-order valence-corrected chi connectivity index (χ4v) is 9.13. The number of rotatable bonds is 14. The lowest BCUT2D eigenvalue weighted by atomic mass is 9.87. The van der Waals surface area contributed by atoms with Crippen LogP contribution < -0.4 is 39.1 Å². The summed E-state index contributed by atoms with van der Waals surface area (Å²) >= 11 is 0. The third-order valence-corrected chi connectivity index (χ3v) is 12.8. The number of fused-ring (bicyclic) bond motifs is 6. The van der Waals surface area contributed by atoms with Crippen LogP contribution in [0.25, 0.3) is 33.1 Å². The summed E-state index contributed by atoms with van der Waals surface area (Å²) in [5, 5.41) is 27.3. The van der Waals surface area contributed by atoms with Gasteiger partial charge in [0.25, 0.3) is 0 Å². The average Bonchev–Trinajstić information content (AvgIpc) is 4.07. The minimum Gasteiger partial charge on any atom is -0.497 e. The van der Waals surface area contributed by atoms with Gasteiger partial charge < -0.3 is 44.2 Å². The van der Waals surface area contributed by atoms with E-state index < -0.39 is 11.6 Å². The number of hydrogen-bond acceptors (Lipinski definition) is 16. The molecule has 4 aromatic carbocycles. The first kappa shape index (κ1) is 49.8. The molecule has 10 rings (SSSR count). The fraction of sp³-hybridized carbons (Fsp3) is 0.392. The van der Waals surface area contributed by atoms with Crippen LogP contribution in [0.2, 0.25) is 0 Å². The first-order valence-corrected chi connectivity index (χ1v) is 24.2. The molecule has 380 valence electrons. The predicted octanol–water partition coefficient (Wildman–Crippen LogP) is 8.85. The molecule has 4 atom stereocenters. The fourth-order valence-electron chi connectivity index (χ4n) is 9.13. The number of methoxy groups -OCH3 is 6. The molecule has 4 unspecified atom stereocenters. The van der Waals surface area contributed by atoms with E-state index >= 15 is 0 Å². The Morgan fingerprint density at radius 3 is 1.57 bits per heavy atom. The van der Waals surface area contributed by atoms with Gasteiger partial charge in [0.1, 0.15) is 28.8 Å². The summed E-state index contributed by atoms with van der Waals surface area (Å²) in [6.07, 6.45) is 5.49. The molecule has 0 aliphatic heterocycles. The molecule has 72 heavy (non-hydrogen) atoms. The molecule has 0 saturated heterocycles. The van der Waals surface area contributed by atoms with Crippen molar-refractivity contribution in [3.05, 3.63) is 95.1 Å². The van der Waals surface area contributed by atoms with Crippen LogP contribution in [0.1, 0.15) is 87.3 Å². The zero-order valence-corrected chi connectivity index (χ0v) is 42.2. The first-order valence-electron chi connectivity index (χ1n) is 24.1. The van der Waals surface area contributed by atoms with Crippen molar-refractivity contribution in [2.75, 3.05) is 59.9 Å². The molecule has 4 aromatic heterocycles. The number of anilines is 2. The Kier molecular flexibility index (Phi) is 15.9. The van der Waals surface area contributed by atoms with Gasteiger partial charge in [0, 0.05) is 85.3 Å². The van der Waals surface area contributed by atoms with E-state index in [0.29, 0.717) is 119 Å². The molecule has 2 aliphatic rings. The Balaban J connectivity index is 0.000000185. The second-order valence-corrected chi connectivity index (χ2v) is 17.2. The monoisotopic (exact) mass is 1010 g/mol. The van der Waals surface area contributed by atoms with Crippen molar-refractivity contribution in [1.29, 1.82) is 0 Å². The van der Waals surface area contributed by atoms with Gasteiger partial charge in [-0.15, -0.1) is 19.4 Å². The molecule has 2 aliphatic carbocycles. The van der Waals surface area contributed by atoms with E-state index in [1.807, 2.05) is 36.4 Å². The summed E-state index contributed by atoms with van der Waals surface area (Å²) in [5.41, 5.74) is 3.79. The lowest BCUT2D eigenvalue weighted by molar-refractivity contribution is -0.120. The Bertz CT molecular complexity index is 3250. The van der Waals surface area contributed by atoms with E-state index in [-0.39, 0.29) is 35.2 Å². The molecule has 21 heteroatoms. The van der Waals surface area contributed by atoms with Gasteiger partial charge in [-0.25, -0.2) is 28.7 Å². The maximum atomic E-state index is 14.6. The summed E-state index contributed by atoms with van der Waals surface area (Å²) in [6, 6.07) is 17.0. The maximum absolute atomic E-state index is 14.6. The van der Waals surface area contributed by atoms with Gasteiger partial charge in [-0.1, -0.05) is 13.1 Å². The first-order chi connectivity index (χ1) is 35.4. The SMILES string of the molecule is COc1ccc(CNc2nc3cc(OC)c(F)cc3c3nc(C4CCCC(=O)C4)nn23)c(OC)c1.COc1ccc(CNc2nc3cc(OC)c(F)cc3c3nc(C4CCCC(O)C4)nn23)c(OC)c1.[2H]CP. The number of nitrogens with zero attached hydrogens (tertiary/aromatic N) is 8. The number of carbonyl (C=O) groups excluding carboxylic acids is 1. The van der Waals surface area contributed by atoms with Gasteiger partial charge in [-0.3, -0.25) is 4.79 Å². The number of Topliss-reactive ketones (excluding diaryl/α,β-unsaturated/α-hetero) is 1. The average molecular weight is 1010 g/mol. The van der Waals surface area contributed by atoms with Crippen molar-refractivity contribution in [3.8, 4) is 34.5 Å².